The van der Waals surface area contributed by atoms with Crippen LogP contribution in [0.4, 0.5) is 0 Å². The minimum atomic E-state index is 0.669. The van der Waals surface area contributed by atoms with Crippen LogP contribution < -0.4 is 0 Å². The molecule has 4 nitrogen and oxygen atoms in total. The van der Waals surface area contributed by atoms with E-state index in [1.165, 1.54) is 72.4 Å². The van der Waals surface area contributed by atoms with Gasteiger partial charge >= 0.3 is 0 Å². The SMILES string of the molecule is Cn1cc(-c2ccc3nc([C@H]4C[C@H](N5CCCCCC5)C4)sc3c2)cn1. The topological polar surface area (TPSA) is 34.0 Å². The van der Waals surface area contributed by atoms with Crippen molar-refractivity contribution in [1.82, 2.24) is 19.7 Å². The molecular formula is C21H26N4S. The van der Waals surface area contributed by atoms with Gasteiger partial charge in [-0.2, -0.15) is 5.10 Å². The summed E-state index contributed by atoms with van der Waals surface area (Å²) in [5.41, 5.74) is 3.56. The summed E-state index contributed by atoms with van der Waals surface area (Å²) in [6.45, 7) is 2.62. The normalized spacial score (nSPS) is 24.5. The molecule has 1 aliphatic carbocycles. The van der Waals surface area contributed by atoms with E-state index in [0.717, 1.165) is 11.6 Å². The number of hydrogen-bond acceptors (Lipinski definition) is 4. The predicted molar refractivity (Wildman–Crippen MR) is 108 cm³/mol. The first kappa shape index (κ1) is 16.5. The molecule has 0 N–H and O–H groups in total. The molecule has 0 radical (unpaired) electrons. The van der Waals surface area contributed by atoms with E-state index in [-0.39, 0.29) is 0 Å². The Kier molecular flexibility index (Phi) is 4.29. The molecule has 0 bridgehead atoms. The van der Waals surface area contributed by atoms with Gasteiger partial charge in [0.1, 0.15) is 0 Å². The zero-order valence-corrected chi connectivity index (χ0v) is 16.2. The van der Waals surface area contributed by atoms with E-state index >= 15 is 0 Å². The Balaban J connectivity index is 1.31. The molecule has 3 aromatic rings. The van der Waals surface area contributed by atoms with Crippen LogP contribution in [-0.4, -0.2) is 38.8 Å². The molecule has 3 heterocycles. The molecule has 0 unspecified atom stereocenters. The molecule has 2 aliphatic rings. The Morgan fingerprint density at radius 2 is 1.85 bits per heavy atom. The fraction of sp³-hybridized carbons (Fsp3) is 0.524. The summed E-state index contributed by atoms with van der Waals surface area (Å²) in [6.07, 6.45) is 12.2. The van der Waals surface area contributed by atoms with Crippen LogP contribution in [0.3, 0.4) is 0 Å². The zero-order chi connectivity index (χ0) is 17.5. The summed E-state index contributed by atoms with van der Waals surface area (Å²) in [5, 5.41) is 5.63. The Morgan fingerprint density at radius 3 is 2.58 bits per heavy atom. The molecule has 2 fully saturated rings. The van der Waals surface area contributed by atoms with E-state index < -0.39 is 0 Å². The van der Waals surface area contributed by atoms with Gasteiger partial charge in [0.25, 0.3) is 0 Å². The molecule has 1 aromatic carbocycles. The third-order valence-corrected chi connectivity index (χ3v) is 7.24. The van der Waals surface area contributed by atoms with E-state index in [1.807, 2.05) is 29.3 Å². The Morgan fingerprint density at radius 1 is 1.04 bits per heavy atom. The molecular weight excluding hydrogens is 340 g/mol. The van der Waals surface area contributed by atoms with Gasteiger partial charge in [-0.05, 0) is 56.5 Å². The van der Waals surface area contributed by atoms with Crippen LogP contribution >= 0.6 is 11.3 Å². The average Bonchev–Trinajstić information content (AvgIpc) is 3.11. The van der Waals surface area contributed by atoms with Crippen LogP contribution in [0, 0.1) is 0 Å². The van der Waals surface area contributed by atoms with Gasteiger partial charge in [0.15, 0.2) is 0 Å². The highest BCUT2D eigenvalue weighted by Gasteiger charge is 2.36. The van der Waals surface area contributed by atoms with Crippen LogP contribution in [0.15, 0.2) is 30.6 Å². The minimum Gasteiger partial charge on any atom is -0.300 e. The molecule has 1 saturated carbocycles. The number of thiazole rings is 1. The molecule has 5 heteroatoms. The number of fused-ring (bicyclic) bond motifs is 1. The maximum absolute atomic E-state index is 4.95. The standard InChI is InChI=1S/C21H26N4S/c1-24-14-17(13-22-24)15-6-7-19-20(12-15)26-21(23-19)16-10-18(11-16)25-8-4-2-3-5-9-25/h6-7,12-14,16,18H,2-5,8-11H2,1H3/t16-,18-. The van der Waals surface area contributed by atoms with Gasteiger partial charge in [0.05, 0.1) is 21.4 Å². The fourth-order valence-corrected chi connectivity index (χ4v) is 5.55. The number of rotatable bonds is 3. The summed E-state index contributed by atoms with van der Waals surface area (Å²) < 4.78 is 3.16. The predicted octanol–water partition coefficient (Wildman–Crippen LogP) is 4.82. The van der Waals surface area contributed by atoms with Crippen LogP contribution in [-0.2, 0) is 7.05 Å². The van der Waals surface area contributed by atoms with Crippen molar-refractivity contribution in [1.29, 1.82) is 0 Å². The third-order valence-electron chi connectivity index (χ3n) is 6.06. The van der Waals surface area contributed by atoms with Gasteiger partial charge in [0.2, 0.25) is 0 Å². The first-order valence-electron chi connectivity index (χ1n) is 9.90. The number of benzene rings is 1. The van der Waals surface area contributed by atoms with Crippen LogP contribution in [0.25, 0.3) is 21.3 Å². The Bertz CT molecular complexity index is 898. The summed E-state index contributed by atoms with van der Waals surface area (Å²) in [4.78, 5) is 7.70. The second-order valence-corrected chi connectivity index (χ2v) is 8.97. The van der Waals surface area contributed by atoms with Crippen molar-refractivity contribution in [2.75, 3.05) is 13.1 Å². The number of likely N-dealkylation sites (tertiary alicyclic amines) is 1. The van der Waals surface area contributed by atoms with E-state index in [0.29, 0.717) is 5.92 Å². The van der Waals surface area contributed by atoms with Crippen molar-refractivity contribution >= 4 is 21.6 Å². The van der Waals surface area contributed by atoms with Crippen molar-refractivity contribution in [2.24, 2.45) is 7.05 Å². The van der Waals surface area contributed by atoms with Gasteiger partial charge in [-0.25, -0.2) is 4.98 Å². The lowest BCUT2D eigenvalue weighted by Crippen LogP contribution is -2.44. The highest BCUT2D eigenvalue weighted by Crippen LogP contribution is 2.43. The molecule has 1 saturated heterocycles. The van der Waals surface area contributed by atoms with Gasteiger partial charge < -0.3 is 4.90 Å². The highest BCUT2D eigenvalue weighted by molar-refractivity contribution is 7.18. The molecule has 0 spiro atoms. The number of nitrogens with zero attached hydrogens (tertiary/aromatic N) is 4. The van der Waals surface area contributed by atoms with Crippen molar-refractivity contribution in [3.8, 4) is 11.1 Å². The van der Waals surface area contributed by atoms with Gasteiger partial charge in [-0.3, -0.25) is 4.68 Å². The van der Waals surface area contributed by atoms with E-state index in [2.05, 4.69) is 34.4 Å². The zero-order valence-electron chi connectivity index (χ0n) is 15.4. The molecule has 0 atom stereocenters. The van der Waals surface area contributed by atoms with Crippen molar-refractivity contribution in [3.63, 3.8) is 0 Å². The molecule has 1 aliphatic heterocycles. The van der Waals surface area contributed by atoms with Crippen LogP contribution in [0.1, 0.15) is 49.5 Å². The van der Waals surface area contributed by atoms with Gasteiger partial charge in [0, 0.05) is 30.8 Å². The Hall–Kier alpha value is -1.72. The second-order valence-electron chi connectivity index (χ2n) is 7.91. The molecule has 0 amide bonds. The highest BCUT2D eigenvalue weighted by atomic mass is 32.1. The maximum Gasteiger partial charge on any atom is 0.0970 e. The van der Waals surface area contributed by atoms with E-state index in [9.17, 15) is 0 Å². The maximum atomic E-state index is 4.95. The summed E-state index contributed by atoms with van der Waals surface area (Å²) >= 11 is 1.89. The van der Waals surface area contributed by atoms with Crippen molar-refractivity contribution in [2.45, 2.75) is 50.5 Å². The number of hydrogen-bond donors (Lipinski definition) is 0. The molecule has 2 aromatic heterocycles. The van der Waals surface area contributed by atoms with Crippen LogP contribution in [0.5, 0.6) is 0 Å². The second kappa shape index (κ2) is 6.78. The average molecular weight is 367 g/mol. The molecule has 5 rings (SSSR count). The van der Waals surface area contributed by atoms with Crippen LogP contribution in [0.2, 0.25) is 0 Å². The fourth-order valence-electron chi connectivity index (χ4n) is 4.41. The van der Waals surface area contributed by atoms with Gasteiger partial charge in [-0.1, -0.05) is 18.9 Å². The summed E-state index contributed by atoms with van der Waals surface area (Å²) in [6, 6.07) is 7.42. The third kappa shape index (κ3) is 3.08. The lowest BCUT2D eigenvalue weighted by molar-refractivity contribution is 0.113. The van der Waals surface area contributed by atoms with E-state index in [4.69, 9.17) is 4.98 Å². The largest absolute Gasteiger partial charge is 0.300 e. The first-order valence-corrected chi connectivity index (χ1v) is 10.7. The molecule has 26 heavy (non-hydrogen) atoms. The smallest absolute Gasteiger partial charge is 0.0970 e. The first-order chi connectivity index (χ1) is 12.8. The monoisotopic (exact) mass is 366 g/mol. The number of aromatic nitrogens is 3. The van der Waals surface area contributed by atoms with Gasteiger partial charge in [-0.15, -0.1) is 11.3 Å². The summed E-state index contributed by atoms with van der Waals surface area (Å²) in [7, 11) is 1.96. The minimum absolute atomic E-state index is 0.669. The Labute approximate surface area is 158 Å². The number of aryl methyl sites for hydroxylation is 1. The molecule has 136 valence electrons. The van der Waals surface area contributed by atoms with Crippen molar-refractivity contribution < 1.29 is 0 Å². The lowest BCUT2D eigenvalue weighted by Gasteiger charge is -2.42. The lowest BCUT2D eigenvalue weighted by atomic mass is 9.79. The quantitative estimate of drug-likeness (QED) is 0.666. The van der Waals surface area contributed by atoms with Crippen molar-refractivity contribution in [3.05, 3.63) is 35.6 Å². The summed E-state index contributed by atoms with van der Waals surface area (Å²) in [5.74, 6) is 0.669. The van der Waals surface area contributed by atoms with E-state index in [1.54, 1.807) is 0 Å².